The minimum atomic E-state index is -1.40. The smallest absolute Gasteiger partial charge is 0.423 e. The third kappa shape index (κ3) is 2.71. The SMILES string of the molecule is Cc1c(C(=O)N2CC=C(B(O)O)CC2)sc2c1CCC=C2. The normalized spacial score (nSPS) is 17.5. The molecule has 0 radical (unpaired) electrons. The second-order valence-corrected chi connectivity index (χ2v) is 6.55. The van der Waals surface area contributed by atoms with Crippen LogP contribution in [0.2, 0.25) is 0 Å². The van der Waals surface area contributed by atoms with E-state index in [2.05, 4.69) is 12.2 Å². The summed E-state index contributed by atoms with van der Waals surface area (Å²) in [5.74, 6) is 0.0584. The van der Waals surface area contributed by atoms with E-state index in [0.717, 1.165) is 23.3 Å². The zero-order valence-corrected chi connectivity index (χ0v) is 12.8. The van der Waals surface area contributed by atoms with Crippen molar-refractivity contribution in [2.24, 2.45) is 0 Å². The van der Waals surface area contributed by atoms with Crippen LogP contribution in [0.4, 0.5) is 0 Å². The average Bonchev–Trinajstić information content (AvgIpc) is 2.84. The fourth-order valence-electron chi connectivity index (χ4n) is 2.88. The van der Waals surface area contributed by atoms with Crippen LogP contribution in [-0.2, 0) is 6.42 Å². The van der Waals surface area contributed by atoms with E-state index in [1.54, 1.807) is 22.3 Å². The van der Waals surface area contributed by atoms with Gasteiger partial charge in [-0.05, 0) is 48.9 Å². The highest BCUT2D eigenvalue weighted by Gasteiger charge is 2.27. The van der Waals surface area contributed by atoms with Crippen LogP contribution in [0, 0.1) is 6.92 Å². The second kappa shape index (κ2) is 5.79. The Kier molecular flexibility index (Phi) is 4.02. The van der Waals surface area contributed by atoms with E-state index >= 15 is 0 Å². The van der Waals surface area contributed by atoms with Crippen LogP contribution in [0.15, 0.2) is 17.6 Å². The summed E-state index contributed by atoms with van der Waals surface area (Å²) in [6.45, 7) is 3.02. The number of carbonyl (C=O) groups excluding carboxylic acids is 1. The van der Waals surface area contributed by atoms with Crippen molar-refractivity contribution < 1.29 is 14.8 Å². The van der Waals surface area contributed by atoms with E-state index in [-0.39, 0.29) is 5.91 Å². The molecule has 1 aromatic rings. The quantitative estimate of drug-likeness (QED) is 0.819. The van der Waals surface area contributed by atoms with Crippen molar-refractivity contribution in [3.8, 4) is 0 Å². The Bertz CT molecular complexity index is 633. The zero-order valence-electron chi connectivity index (χ0n) is 12.0. The monoisotopic (exact) mass is 303 g/mol. The first-order valence-corrected chi connectivity index (χ1v) is 8.02. The largest absolute Gasteiger partial charge is 0.483 e. The van der Waals surface area contributed by atoms with Crippen molar-refractivity contribution in [3.05, 3.63) is 38.5 Å². The third-order valence-corrected chi connectivity index (χ3v) is 5.48. The predicted octanol–water partition coefficient (Wildman–Crippen LogP) is 1.80. The van der Waals surface area contributed by atoms with Crippen LogP contribution in [-0.4, -0.2) is 41.1 Å². The number of thiophene rings is 1. The molecule has 1 aromatic heterocycles. The fourth-order valence-corrected chi connectivity index (χ4v) is 4.14. The molecule has 0 atom stereocenters. The molecule has 0 saturated heterocycles. The number of rotatable bonds is 2. The van der Waals surface area contributed by atoms with E-state index < -0.39 is 7.12 Å². The molecule has 2 heterocycles. The van der Waals surface area contributed by atoms with Gasteiger partial charge in [0.05, 0.1) is 4.88 Å². The summed E-state index contributed by atoms with van der Waals surface area (Å²) in [5.41, 5.74) is 3.02. The van der Waals surface area contributed by atoms with Crippen molar-refractivity contribution in [1.29, 1.82) is 0 Å². The van der Waals surface area contributed by atoms with Gasteiger partial charge in [0.25, 0.3) is 5.91 Å². The molecule has 3 rings (SSSR count). The van der Waals surface area contributed by atoms with Crippen LogP contribution < -0.4 is 0 Å². The van der Waals surface area contributed by atoms with Gasteiger partial charge in [0, 0.05) is 18.0 Å². The molecule has 1 aliphatic carbocycles. The first-order valence-electron chi connectivity index (χ1n) is 7.21. The lowest BCUT2D eigenvalue weighted by molar-refractivity contribution is 0.0773. The Labute approximate surface area is 128 Å². The summed E-state index contributed by atoms with van der Waals surface area (Å²) in [6, 6.07) is 0. The van der Waals surface area contributed by atoms with Crippen molar-refractivity contribution in [1.82, 2.24) is 4.90 Å². The predicted molar refractivity (Wildman–Crippen MR) is 85.2 cm³/mol. The maximum absolute atomic E-state index is 12.7. The molecular weight excluding hydrogens is 285 g/mol. The lowest BCUT2D eigenvalue weighted by atomic mass is 9.76. The average molecular weight is 303 g/mol. The first-order chi connectivity index (χ1) is 10.1. The Morgan fingerprint density at radius 2 is 2.19 bits per heavy atom. The summed E-state index contributed by atoms with van der Waals surface area (Å²) >= 11 is 1.57. The molecule has 110 valence electrons. The number of hydrogen-bond donors (Lipinski definition) is 2. The molecule has 6 heteroatoms. The maximum Gasteiger partial charge on any atom is 0.483 e. The summed E-state index contributed by atoms with van der Waals surface area (Å²) < 4.78 is 0. The fraction of sp³-hybridized carbons (Fsp3) is 0.400. The lowest BCUT2D eigenvalue weighted by Gasteiger charge is -2.26. The maximum atomic E-state index is 12.7. The number of nitrogens with zero attached hydrogens (tertiary/aromatic N) is 1. The van der Waals surface area contributed by atoms with Crippen LogP contribution in [0.5, 0.6) is 0 Å². The van der Waals surface area contributed by atoms with E-state index in [1.165, 1.54) is 10.4 Å². The zero-order chi connectivity index (χ0) is 15.0. The molecule has 4 nitrogen and oxygen atoms in total. The second-order valence-electron chi connectivity index (χ2n) is 5.49. The molecule has 2 N–H and O–H groups in total. The summed E-state index contributed by atoms with van der Waals surface area (Å²) in [7, 11) is -1.40. The molecule has 2 aliphatic rings. The number of carbonyl (C=O) groups is 1. The molecule has 0 unspecified atom stereocenters. The van der Waals surface area contributed by atoms with Gasteiger partial charge in [0.2, 0.25) is 0 Å². The first kappa shape index (κ1) is 14.6. The summed E-state index contributed by atoms with van der Waals surface area (Å²) in [5, 5.41) is 18.3. The van der Waals surface area contributed by atoms with Gasteiger partial charge < -0.3 is 14.9 Å². The molecule has 0 saturated carbocycles. The van der Waals surface area contributed by atoms with Gasteiger partial charge in [-0.1, -0.05) is 12.2 Å². The van der Waals surface area contributed by atoms with Crippen LogP contribution in [0.1, 0.15) is 38.5 Å². The van der Waals surface area contributed by atoms with Crippen molar-refractivity contribution in [2.75, 3.05) is 13.1 Å². The highest BCUT2D eigenvalue weighted by molar-refractivity contribution is 7.15. The number of allylic oxidation sites excluding steroid dienone is 1. The van der Waals surface area contributed by atoms with Gasteiger partial charge >= 0.3 is 7.12 Å². The number of hydrogen-bond acceptors (Lipinski definition) is 4. The molecule has 0 fully saturated rings. The molecular formula is C15H18BNO3S. The minimum Gasteiger partial charge on any atom is -0.423 e. The molecule has 21 heavy (non-hydrogen) atoms. The number of fused-ring (bicyclic) bond motifs is 1. The Balaban J connectivity index is 1.81. The van der Waals surface area contributed by atoms with Crippen molar-refractivity contribution in [3.63, 3.8) is 0 Å². The van der Waals surface area contributed by atoms with Crippen molar-refractivity contribution >= 4 is 30.4 Å². The van der Waals surface area contributed by atoms with Crippen LogP contribution in [0.25, 0.3) is 6.08 Å². The highest BCUT2D eigenvalue weighted by Crippen LogP contribution is 2.34. The van der Waals surface area contributed by atoms with Crippen LogP contribution in [0.3, 0.4) is 0 Å². The third-order valence-electron chi connectivity index (χ3n) is 4.19. The highest BCUT2D eigenvalue weighted by atomic mass is 32.1. The van der Waals surface area contributed by atoms with E-state index in [1.807, 2.05) is 6.92 Å². The van der Waals surface area contributed by atoms with Gasteiger partial charge in [0.1, 0.15) is 0 Å². The molecule has 0 aromatic carbocycles. The van der Waals surface area contributed by atoms with E-state index in [9.17, 15) is 4.79 Å². The van der Waals surface area contributed by atoms with Crippen LogP contribution >= 0.6 is 11.3 Å². The number of amides is 1. The lowest BCUT2D eigenvalue weighted by Crippen LogP contribution is -2.37. The summed E-state index contributed by atoms with van der Waals surface area (Å²) in [6.07, 6.45) is 8.60. The Morgan fingerprint density at radius 3 is 2.81 bits per heavy atom. The molecule has 0 spiro atoms. The minimum absolute atomic E-state index is 0.0584. The van der Waals surface area contributed by atoms with E-state index in [0.29, 0.717) is 25.0 Å². The Hall–Kier alpha value is -1.37. The van der Waals surface area contributed by atoms with Gasteiger partial charge in [-0.25, -0.2) is 0 Å². The molecule has 0 bridgehead atoms. The van der Waals surface area contributed by atoms with Gasteiger partial charge in [-0.3, -0.25) is 4.79 Å². The van der Waals surface area contributed by atoms with Crippen molar-refractivity contribution in [2.45, 2.75) is 26.2 Å². The standard InChI is InChI=1S/C15H18BNO3S/c1-10-12-4-2-3-5-13(12)21-14(10)15(18)17-8-6-11(7-9-17)16(19)20/h3,5-6,19-20H,2,4,7-9H2,1H3. The topological polar surface area (TPSA) is 60.8 Å². The molecule has 1 aliphatic heterocycles. The molecule has 1 amide bonds. The Morgan fingerprint density at radius 1 is 1.38 bits per heavy atom. The summed E-state index contributed by atoms with van der Waals surface area (Å²) in [4.78, 5) is 16.5. The van der Waals surface area contributed by atoms with E-state index in [4.69, 9.17) is 10.0 Å². The van der Waals surface area contributed by atoms with Gasteiger partial charge in [-0.2, -0.15) is 0 Å². The van der Waals surface area contributed by atoms with Gasteiger partial charge in [-0.15, -0.1) is 11.3 Å². The van der Waals surface area contributed by atoms with Gasteiger partial charge in [0.15, 0.2) is 0 Å².